The lowest BCUT2D eigenvalue weighted by Gasteiger charge is -2.01. The molecule has 1 aromatic carbocycles. The lowest BCUT2D eigenvalue weighted by atomic mass is 10.1. The third-order valence-electron chi connectivity index (χ3n) is 3.56. The highest BCUT2D eigenvalue weighted by Gasteiger charge is 2.10. The SMILES string of the molecule is Cc1noc(C)c1CCC(=O)NCC#Cc1ccc(C(N)=O)cc1. The van der Waals surface area contributed by atoms with E-state index in [1.165, 1.54) is 0 Å². The number of benzene rings is 1. The first-order chi connectivity index (χ1) is 11.5. The normalized spacial score (nSPS) is 9.92. The van der Waals surface area contributed by atoms with Crippen molar-refractivity contribution in [1.29, 1.82) is 0 Å². The van der Waals surface area contributed by atoms with Gasteiger partial charge in [0.15, 0.2) is 0 Å². The van der Waals surface area contributed by atoms with Gasteiger partial charge in [-0.1, -0.05) is 17.0 Å². The molecule has 1 heterocycles. The second kappa shape index (κ2) is 7.97. The van der Waals surface area contributed by atoms with E-state index >= 15 is 0 Å². The van der Waals surface area contributed by atoms with Gasteiger partial charge in [-0.3, -0.25) is 9.59 Å². The summed E-state index contributed by atoms with van der Waals surface area (Å²) in [5.74, 6) is 5.98. The summed E-state index contributed by atoms with van der Waals surface area (Å²) in [4.78, 5) is 22.8. The average molecular weight is 325 g/mol. The molecule has 0 fully saturated rings. The van der Waals surface area contributed by atoms with Crippen molar-refractivity contribution in [2.45, 2.75) is 26.7 Å². The van der Waals surface area contributed by atoms with Gasteiger partial charge >= 0.3 is 0 Å². The van der Waals surface area contributed by atoms with Crippen LogP contribution in [0.5, 0.6) is 0 Å². The number of hydrogen-bond donors (Lipinski definition) is 2. The number of aromatic nitrogens is 1. The summed E-state index contributed by atoms with van der Waals surface area (Å²) in [5, 5.41) is 6.61. The van der Waals surface area contributed by atoms with Crippen LogP contribution in [0.2, 0.25) is 0 Å². The minimum atomic E-state index is -0.472. The largest absolute Gasteiger partial charge is 0.366 e. The molecule has 124 valence electrons. The van der Waals surface area contributed by atoms with Gasteiger partial charge in [0.1, 0.15) is 5.76 Å². The topological polar surface area (TPSA) is 98.2 Å². The Morgan fingerprint density at radius 2 is 1.96 bits per heavy atom. The minimum Gasteiger partial charge on any atom is -0.366 e. The Balaban J connectivity index is 1.78. The van der Waals surface area contributed by atoms with Crippen LogP contribution in [0.25, 0.3) is 0 Å². The second-order valence-corrected chi connectivity index (χ2v) is 5.32. The van der Waals surface area contributed by atoms with E-state index in [9.17, 15) is 9.59 Å². The molecule has 2 aromatic rings. The minimum absolute atomic E-state index is 0.0756. The number of nitrogens with zero attached hydrogens (tertiary/aromatic N) is 1. The molecular weight excluding hydrogens is 306 g/mol. The predicted octanol–water partition coefficient (Wildman–Crippen LogP) is 1.49. The number of nitrogens with one attached hydrogen (secondary N) is 1. The van der Waals surface area contributed by atoms with Gasteiger partial charge in [0.25, 0.3) is 0 Å². The van der Waals surface area contributed by atoms with Crippen LogP contribution < -0.4 is 11.1 Å². The van der Waals surface area contributed by atoms with E-state index in [-0.39, 0.29) is 12.5 Å². The van der Waals surface area contributed by atoms with Crippen molar-refractivity contribution < 1.29 is 14.1 Å². The van der Waals surface area contributed by atoms with Crippen LogP contribution in [-0.4, -0.2) is 23.5 Å². The highest BCUT2D eigenvalue weighted by molar-refractivity contribution is 5.92. The molecular formula is C18H19N3O3. The highest BCUT2D eigenvalue weighted by atomic mass is 16.5. The zero-order chi connectivity index (χ0) is 17.5. The summed E-state index contributed by atoms with van der Waals surface area (Å²) in [6.07, 6.45) is 0.951. The molecule has 2 rings (SSSR count). The van der Waals surface area contributed by atoms with Crippen LogP contribution in [-0.2, 0) is 11.2 Å². The number of hydrogen-bond acceptors (Lipinski definition) is 4. The molecule has 6 nitrogen and oxygen atoms in total. The maximum absolute atomic E-state index is 11.8. The van der Waals surface area contributed by atoms with Crippen molar-refractivity contribution in [2.24, 2.45) is 5.73 Å². The van der Waals surface area contributed by atoms with Gasteiger partial charge < -0.3 is 15.6 Å². The smallest absolute Gasteiger partial charge is 0.248 e. The van der Waals surface area contributed by atoms with Crippen LogP contribution >= 0.6 is 0 Å². The fourth-order valence-corrected chi connectivity index (χ4v) is 2.19. The van der Waals surface area contributed by atoms with Crippen molar-refractivity contribution in [2.75, 3.05) is 6.54 Å². The second-order valence-electron chi connectivity index (χ2n) is 5.32. The quantitative estimate of drug-likeness (QED) is 0.814. The molecule has 0 unspecified atom stereocenters. The van der Waals surface area contributed by atoms with Gasteiger partial charge in [0.2, 0.25) is 11.8 Å². The van der Waals surface area contributed by atoms with Crippen molar-refractivity contribution in [3.63, 3.8) is 0 Å². The number of nitrogens with two attached hydrogens (primary N) is 1. The fourth-order valence-electron chi connectivity index (χ4n) is 2.19. The van der Waals surface area contributed by atoms with Crippen LogP contribution in [0.1, 0.15) is 39.4 Å². The van der Waals surface area contributed by atoms with Crippen molar-refractivity contribution in [3.05, 3.63) is 52.4 Å². The first-order valence-electron chi connectivity index (χ1n) is 7.54. The molecule has 0 spiro atoms. The number of primary amides is 1. The van der Waals surface area contributed by atoms with E-state index in [0.717, 1.165) is 22.6 Å². The third kappa shape index (κ3) is 4.71. The van der Waals surface area contributed by atoms with Gasteiger partial charge in [0.05, 0.1) is 12.2 Å². The molecule has 0 radical (unpaired) electrons. The van der Waals surface area contributed by atoms with E-state index in [2.05, 4.69) is 22.3 Å². The number of carbonyl (C=O) groups is 2. The van der Waals surface area contributed by atoms with E-state index in [0.29, 0.717) is 18.4 Å². The molecule has 3 N–H and O–H groups in total. The van der Waals surface area contributed by atoms with Crippen LogP contribution in [0.4, 0.5) is 0 Å². The van der Waals surface area contributed by atoms with E-state index in [1.54, 1.807) is 24.3 Å². The van der Waals surface area contributed by atoms with Gasteiger partial charge in [-0.25, -0.2) is 0 Å². The Morgan fingerprint density at radius 3 is 2.54 bits per heavy atom. The Hall–Kier alpha value is -3.07. The molecule has 2 amide bonds. The molecule has 0 saturated carbocycles. The summed E-state index contributed by atoms with van der Waals surface area (Å²) < 4.78 is 5.07. The predicted molar refractivity (Wildman–Crippen MR) is 89.1 cm³/mol. The molecule has 0 saturated heterocycles. The van der Waals surface area contributed by atoms with E-state index in [4.69, 9.17) is 10.3 Å². The summed E-state index contributed by atoms with van der Waals surface area (Å²) in [6.45, 7) is 3.96. The number of aryl methyl sites for hydroxylation is 2. The summed E-state index contributed by atoms with van der Waals surface area (Å²) >= 11 is 0. The molecule has 6 heteroatoms. The monoisotopic (exact) mass is 325 g/mol. The summed E-state index contributed by atoms with van der Waals surface area (Å²) in [5.41, 5.74) is 8.16. The Bertz CT molecular complexity index is 776. The molecule has 0 atom stereocenters. The average Bonchev–Trinajstić information content (AvgIpc) is 2.88. The lowest BCUT2D eigenvalue weighted by molar-refractivity contribution is -0.120. The number of rotatable bonds is 5. The number of carbonyl (C=O) groups excluding carboxylic acids is 2. The molecule has 0 aliphatic rings. The van der Waals surface area contributed by atoms with Crippen molar-refractivity contribution in [1.82, 2.24) is 10.5 Å². The Labute approximate surface area is 140 Å². The zero-order valence-electron chi connectivity index (χ0n) is 13.7. The van der Waals surface area contributed by atoms with Crippen LogP contribution in [0.15, 0.2) is 28.8 Å². The maximum atomic E-state index is 11.8. The Morgan fingerprint density at radius 1 is 1.25 bits per heavy atom. The van der Waals surface area contributed by atoms with E-state index in [1.807, 2.05) is 13.8 Å². The third-order valence-corrected chi connectivity index (χ3v) is 3.56. The van der Waals surface area contributed by atoms with Crippen molar-refractivity contribution >= 4 is 11.8 Å². The van der Waals surface area contributed by atoms with Gasteiger partial charge in [0, 0.05) is 23.1 Å². The molecule has 0 bridgehead atoms. The highest BCUT2D eigenvalue weighted by Crippen LogP contribution is 2.14. The van der Waals surface area contributed by atoms with Crippen LogP contribution in [0, 0.1) is 25.7 Å². The van der Waals surface area contributed by atoms with Crippen LogP contribution in [0.3, 0.4) is 0 Å². The molecule has 24 heavy (non-hydrogen) atoms. The van der Waals surface area contributed by atoms with E-state index < -0.39 is 5.91 Å². The Kier molecular flexibility index (Phi) is 5.74. The maximum Gasteiger partial charge on any atom is 0.248 e. The molecule has 1 aromatic heterocycles. The first-order valence-corrected chi connectivity index (χ1v) is 7.54. The first kappa shape index (κ1) is 17.3. The van der Waals surface area contributed by atoms with Gasteiger partial charge in [-0.15, -0.1) is 0 Å². The summed E-state index contributed by atoms with van der Waals surface area (Å²) in [7, 11) is 0. The van der Waals surface area contributed by atoms with Gasteiger partial charge in [-0.2, -0.15) is 0 Å². The molecule has 0 aliphatic carbocycles. The van der Waals surface area contributed by atoms with Gasteiger partial charge in [-0.05, 0) is 44.5 Å². The molecule has 0 aliphatic heterocycles. The lowest BCUT2D eigenvalue weighted by Crippen LogP contribution is -2.23. The number of amides is 2. The standard InChI is InChI=1S/C18H19N3O3/c1-12-16(13(2)24-21-12)9-10-17(22)20-11-3-4-14-5-7-15(8-6-14)18(19)23/h5-8H,9-11H2,1-2H3,(H2,19,23)(H,20,22). The van der Waals surface area contributed by atoms with Crippen molar-refractivity contribution in [3.8, 4) is 11.8 Å². The fraction of sp³-hybridized carbons (Fsp3) is 0.278. The zero-order valence-corrected chi connectivity index (χ0v) is 13.7. The summed E-state index contributed by atoms with van der Waals surface area (Å²) in [6, 6.07) is 6.67.